The van der Waals surface area contributed by atoms with E-state index in [2.05, 4.69) is 20.4 Å². The van der Waals surface area contributed by atoms with Crippen LogP contribution in [0.4, 0.5) is 0 Å². The van der Waals surface area contributed by atoms with Crippen molar-refractivity contribution in [2.24, 2.45) is 0 Å². The molecule has 132 valence electrons. The SMILES string of the molecule is COC(=O)c1cn(CCCc2nnc3ccccn23)cc2c(=O)[nH]nc1-2. The van der Waals surface area contributed by atoms with E-state index in [0.717, 1.165) is 17.9 Å². The maximum absolute atomic E-state index is 12.0. The Kier molecular flexibility index (Phi) is 3.96. The van der Waals surface area contributed by atoms with E-state index in [1.165, 1.54) is 7.11 Å². The molecule has 1 N–H and O–H groups in total. The number of nitrogens with zero attached hydrogens (tertiary/aromatic N) is 5. The molecule has 2 aliphatic heterocycles. The number of hydrogen-bond donors (Lipinski definition) is 1. The summed E-state index contributed by atoms with van der Waals surface area (Å²) in [7, 11) is 1.30. The van der Waals surface area contributed by atoms with E-state index in [4.69, 9.17) is 4.74 Å². The Morgan fingerprint density at radius 1 is 1.27 bits per heavy atom. The van der Waals surface area contributed by atoms with Gasteiger partial charge < -0.3 is 9.30 Å². The Morgan fingerprint density at radius 3 is 3.00 bits per heavy atom. The van der Waals surface area contributed by atoms with Crippen LogP contribution in [0.1, 0.15) is 22.6 Å². The summed E-state index contributed by atoms with van der Waals surface area (Å²) < 4.78 is 8.53. The molecule has 0 amide bonds. The van der Waals surface area contributed by atoms with Crippen LogP contribution in [0.5, 0.6) is 0 Å². The summed E-state index contributed by atoms with van der Waals surface area (Å²) in [5.74, 6) is 0.336. The number of aromatic nitrogens is 6. The summed E-state index contributed by atoms with van der Waals surface area (Å²) >= 11 is 0. The number of fused-ring (bicyclic) bond motifs is 2. The zero-order valence-electron chi connectivity index (χ0n) is 14.0. The fourth-order valence-electron chi connectivity index (χ4n) is 2.96. The summed E-state index contributed by atoms with van der Waals surface area (Å²) in [5, 5.41) is 14.6. The van der Waals surface area contributed by atoms with Gasteiger partial charge in [-0.25, -0.2) is 9.89 Å². The number of ether oxygens (including phenoxy) is 1. The van der Waals surface area contributed by atoms with Gasteiger partial charge in [-0.1, -0.05) is 6.07 Å². The molecule has 4 heterocycles. The third-order valence-electron chi connectivity index (χ3n) is 4.22. The first-order valence-electron chi connectivity index (χ1n) is 8.12. The van der Waals surface area contributed by atoms with Gasteiger partial charge in [0, 0.05) is 31.6 Å². The summed E-state index contributed by atoms with van der Waals surface area (Å²) in [6.45, 7) is 0.603. The van der Waals surface area contributed by atoms with Crippen LogP contribution in [-0.2, 0) is 17.7 Å². The highest BCUT2D eigenvalue weighted by Crippen LogP contribution is 2.21. The highest BCUT2D eigenvalue weighted by Gasteiger charge is 2.21. The predicted octanol–water partition coefficient (Wildman–Crippen LogP) is 1.14. The van der Waals surface area contributed by atoms with Crippen molar-refractivity contribution in [2.75, 3.05) is 7.11 Å². The van der Waals surface area contributed by atoms with Crippen molar-refractivity contribution in [3.8, 4) is 11.3 Å². The van der Waals surface area contributed by atoms with Crippen molar-refractivity contribution in [3.05, 3.63) is 58.5 Å². The monoisotopic (exact) mass is 352 g/mol. The van der Waals surface area contributed by atoms with Crippen molar-refractivity contribution < 1.29 is 9.53 Å². The van der Waals surface area contributed by atoms with Crippen LogP contribution < -0.4 is 5.56 Å². The number of aromatic amines is 1. The molecule has 0 saturated carbocycles. The Balaban J connectivity index is 1.57. The van der Waals surface area contributed by atoms with Gasteiger partial charge in [-0.05, 0) is 18.6 Å². The van der Waals surface area contributed by atoms with Gasteiger partial charge >= 0.3 is 5.97 Å². The number of H-pyrrole nitrogens is 1. The van der Waals surface area contributed by atoms with E-state index >= 15 is 0 Å². The topological polar surface area (TPSA) is 107 Å². The van der Waals surface area contributed by atoms with E-state index in [1.54, 1.807) is 17.0 Å². The lowest BCUT2D eigenvalue weighted by atomic mass is 10.1. The number of nitrogens with one attached hydrogen (secondary N) is 1. The molecule has 0 saturated heterocycles. The van der Waals surface area contributed by atoms with E-state index in [9.17, 15) is 9.59 Å². The molecule has 9 heteroatoms. The minimum atomic E-state index is -0.528. The van der Waals surface area contributed by atoms with Crippen LogP contribution in [0.15, 0.2) is 41.6 Å². The molecule has 0 bridgehead atoms. The number of aryl methyl sites for hydroxylation is 2. The van der Waals surface area contributed by atoms with Gasteiger partial charge in [-0.3, -0.25) is 9.20 Å². The van der Waals surface area contributed by atoms with Crippen LogP contribution in [0.25, 0.3) is 16.9 Å². The molecule has 0 fully saturated rings. The molecule has 0 atom stereocenters. The minimum absolute atomic E-state index is 0.260. The average Bonchev–Trinajstić information content (AvgIpc) is 3.25. The molecule has 9 nitrogen and oxygen atoms in total. The van der Waals surface area contributed by atoms with Crippen molar-refractivity contribution in [1.82, 2.24) is 29.4 Å². The zero-order valence-corrected chi connectivity index (χ0v) is 14.0. The average molecular weight is 352 g/mol. The van der Waals surface area contributed by atoms with Crippen LogP contribution in [0.2, 0.25) is 0 Å². The third kappa shape index (κ3) is 2.73. The molecule has 2 aliphatic rings. The number of rotatable bonds is 5. The van der Waals surface area contributed by atoms with Gasteiger partial charge in [0.15, 0.2) is 5.65 Å². The molecule has 2 aromatic rings. The Morgan fingerprint density at radius 2 is 2.15 bits per heavy atom. The lowest BCUT2D eigenvalue weighted by Gasteiger charge is -2.11. The summed E-state index contributed by atoms with van der Waals surface area (Å²) in [6, 6.07) is 5.75. The molecular weight excluding hydrogens is 336 g/mol. The zero-order chi connectivity index (χ0) is 18.1. The van der Waals surface area contributed by atoms with Crippen LogP contribution in [-0.4, -0.2) is 42.4 Å². The number of pyridine rings is 2. The molecule has 4 rings (SSSR count). The normalized spacial score (nSPS) is 11.3. The van der Waals surface area contributed by atoms with Crippen LogP contribution >= 0.6 is 0 Å². The molecule has 0 radical (unpaired) electrons. The Hall–Kier alpha value is -3.49. The maximum Gasteiger partial charge on any atom is 0.341 e. The van der Waals surface area contributed by atoms with E-state index < -0.39 is 5.97 Å². The summed E-state index contributed by atoms with van der Waals surface area (Å²) in [5.41, 5.74) is 1.42. The maximum atomic E-state index is 12.0. The van der Waals surface area contributed by atoms with Gasteiger partial charge in [0.1, 0.15) is 17.1 Å². The number of esters is 1. The van der Waals surface area contributed by atoms with E-state index in [1.807, 2.05) is 28.8 Å². The van der Waals surface area contributed by atoms with Crippen LogP contribution in [0.3, 0.4) is 0 Å². The standard InChI is InChI=1S/C17H16N6O3/c1-26-17(25)12-10-22(9-11-15(12)20-21-16(11)24)7-4-6-14-19-18-13-5-2-3-8-23(13)14/h2-3,5,8-10H,4,6-7H2,1H3,(H,21,24). The molecule has 2 aromatic heterocycles. The Bertz CT molecular complexity index is 1110. The van der Waals surface area contributed by atoms with Crippen molar-refractivity contribution in [1.29, 1.82) is 0 Å². The predicted molar refractivity (Wildman–Crippen MR) is 92.1 cm³/mol. The lowest BCUT2D eigenvalue weighted by Crippen LogP contribution is -2.12. The summed E-state index contributed by atoms with van der Waals surface area (Å²) in [6.07, 6.45) is 6.73. The first-order valence-corrected chi connectivity index (χ1v) is 8.12. The van der Waals surface area contributed by atoms with Gasteiger partial charge in [-0.15, -0.1) is 10.2 Å². The molecule has 0 spiro atoms. The van der Waals surface area contributed by atoms with Crippen molar-refractivity contribution >= 4 is 11.6 Å². The molecule has 26 heavy (non-hydrogen) atoms. The number of methoxy groups -OCH3 is 1. The van der Waals surface area contributed by atoms with Crippen LogP contribution in [0, 0.1) is 0 Å². The second kappa shape index (κ2) is 6.43. The van der Waals surface area contributed by atoms with Gasteiger partial charge in [0.05, 0.1) is 12.7 Å². The van der Waals surface area contributed by atoms with Gasteiger partial charge in [-0.2, -0.15) is 5.10 Å². The number of carbonyl (C=O) groups excluding carboxylic acids is 1. The highest BCUT2D eigenvalue weighted by atomic mass is 16.5. The first-order chi connectivity index (χ1) is 12.7. The van der Waals surface area contributed by atoms with E-state index in [-0.39, 0.29) is 11.1 Å². The Labute approximate surface area is 147 Å². The van der Waals surface area contributed by atoms with E-state index in [0.29, 0.717) is 24.2 Å². The highest BCUT2D eigenvalue weighted by molar-refractivity contribution is 5.95. The fourth-order valence-corrected chi connectivity index (χ4v) is 2.96. The van der Waals surface area contributed by atoms with Crippen molar-refractivity contribution in [2.45, 2.75) is 19.4 Å². The smallest absolute Gasteiger partial charge is 0.341 e. The molecule has 0 aromatic carbocycles. The van der Waals surface area contributed by atoms with Gasteiger partial charge in [0.25, 0.3) is 5.56 Å². The quantitative estimate of drug-likeness (QED) is 0.540. The molecule has 0 unspecified atom stereocenters. The molecular formula is C17H16N6O3. The first kappa shape index (κ1) is 16.0. The second-order valence-electron chi connectivity index (χ2n) is 5.86. The molecule has 0 aliphatic carbocycles. The van der Waals surface area contributed by atoms with Crippen molar-refractivity contribution in [3.63, 3.8) is 0 Å². The minimum Gasteiger partial charge on any atom is -0.465 e. The number of hydrogen-bond acceptors (Lipinski definition) is 6. The fraction of sp³-hybridized carbons (Fsp3) is 0.235. The lowest BCUT2D eigenvalue weighted by molar-refractivity contribution is 0.0600. The second-order valence-corrected chi connectivity index (χ2v) is 5.86. The largest absolute Gasteiger partial charge is 0.465 e. The van der Waals surface area contributed by atoms with Gasteiger partial charge in [0.2, 0.25) is 0 Å². The third-order valence-corrected chi connectivity index (χ3v) is 4.22. The summed E-state index contributed by atoms with van der Waals surface area (Å²) in [4.78, 5) is 23.9. The number of carbonyl (C=O) groups is 1.